The Morgan fingerprint density at radius 2 is 1.64 bits per heavy atom. The molecule has 1 aliphatic carbocycles. The molecule has 270 valence electrons. The molecule has 3 aromatic carbocycles. The fraction of sp³-hybridized carbons (Fsp3) is 0.500. The largest absolute Gasteiger partial charge is 0.469 e. The maximum Gasteiger partial charge on any atom is 0.305 e. The summed E-state index contributed by atoms with van der Waals surface area (Å²) in [4.78, 5) is 11.7. The first-order valence-corrected chi connectivity index (χ1v) is 20.2. The summed E-state index contributed by atoms with van der Waals surface area (Å²) in [6.07, 6.45) is 9.63. The molecule has 5 atom stereocenters. The maximum absolute atomic E-state index is 14.3. The highest BCUT2D eigenvalue weighted by Crippen LogP contribution is 2.53. The van der Waals surface area contributed by atoms with Crippen LogP contribution in [0.3, 0.4) is 0 Å². The second kappa shape index (κ2) is 17.4. The quantitative estimate of drug-likeness (QED) is 0.0767. The van der Waals surface area contributed by atoms with E-state index in [0.29, 0.717) is 38.9 Å². The van der Waals surface area contributed by atoms with Gasteiger partial charge in [0.15, 0.2) is 6.29 Å². The zero-order valence-electron chi connectivity index (χ0n) is 30.2. The Kier molecular flexibility index (Phi) is 13.2. The molecule has 2 fully saturated rings. The molecule has 0 aromatic heterocycles. The van der Waals surface area contributed by atoms with Crippen molar-refractivity contribution in [2.75, 3.05) is 26.9 Å². The number of ether oxygens (including phenoxy) is 3. The fourth-order valence-electron chi connectivity index (χ4n) is 8.31. The minimum Gasteiger partial charge on any atom is -0.469 e. The Bertz CT molecular complexity index is 1460. The molecule has 1 aliphatic heterocycles. The minimum atomic E-state index is -2.90. The van der Waals surface area contributed by atoms with E-state index in [0.717, 1.165) is 31.2 Å². The fourth-order valence-corrected chi connectivity index (χ4v) is 12.9. The van der Waals surface area contributed by atoms with E-state index in [1.54, 1.807) is 0 Å². The average Bonchev–Trinajstić information content (AvgIpc) is 3.43. The first-order chi connectivity index (χ1) is 24.1. The van der Waals surface area contributed by atoms with E-state index in [1.165, 1.54) is 29.6 Å². The highest BCUT2D eigenvalue weighted by atomic mass is 28.4. The van der Waals surface area contributed by atoms with Gasteiger partial charge in [-0.1, -0.05) is 106 Å². The Hall–Kier alpha value is -3.14. The topological polar surface area (TPSA) is 74.2 Å². The van der Waals surface area contributed by atoms with Gasteiger partial charge in [0, 0.05) is 31.0 Å². The first-order valence-electron chi connectivity index (χ1n) is 18.3. The summed E-state index contributed by atoms with van der Waals surface area (Å²) in [5.41, 5.74) is 0.208. The summed E-state index contributed by atoms with van der Waals surface area (Å²) in [5, 5.41) is 13.6. The minimum absolute atomic E-state index is 0.0818. The van der Waals surface area contributed by atoms with Crippen LogP contribution in [-0.4, -0.2) is 58.7 Å². The van der Waals surface area contributed by atoms with Crippen LogP contribution in [0, 0.1) is 17.7 Å². The van der Waals surface area contributed by atoms with Gasteiger partial charge in [-0.15, -0.1) is 0 Å². The van der Waals surface area contributed by atoms with Gasteiger partial charge in [-0.2, -0.15) is 0 Å². The zero-order chi connectivity index (χ0) is 35.6. The van der Waals surface area contributed by atoms with Crippen molar-refractivity contribution in [1.29, 1.82) is 0 Å². The highest BCUT2D eigenvalue weighted by molar-refractivity contribution is 6.99. The van der Waals surface area contributed by atoms with Crippen molar-refractivity contribution < 1.29 is 32.9 Å². The molecule has 8 heteroatoms. The van der Waals surface area contributed by atoms with Gasteiger partial charge in [0.1, 0.15) is 5.82 Å². The number of methoxy groups -OCH3 is 1. The summed E-state index contributed by atoms with van der Waals surface area (Å²) in [6, 6.07) is 27.9. The lowest BCUT2D eigenvalue weighted by molar-refractivity contribution is -0.197. The molecule has 1 heterocycles. The van der Waals surface area contributed by atoms with Crippen LogP contribution in [0.2, 0.25) is 5.04 Å². The van der Waals surface area contributed by atoms with Gasteiger partial charge in [-0.3, -0.25) is 4.79 Å². The van der Waals surface area contributed by atoms with Crippen LogP contribution in [0.15, 0.2) is 97.1 Å². The van der Waals surface area contributed by atoms with Gasteiger partial charge in [0.25, 0.3) is 8.32 Å². The first kappa shape index (κ1) is 38.1. The molecule has 5 rings (SSSR count). The van der Waals surface area contributed by atoms with E-state index in [2.05, 4.69) is 81.5 Å². The van der Waals surface area contributed by atoms with Crippen LogP contribution >= 0.6 is 0 Å². The number of halogens is 1. The van der Waals surface area contributed by atoms with E-state index in [1.807, 2.05) is 24.3 Å². The number of hydrogen-bond acceptors (Lipinski definition) is 6. The molecule has 1 unspecified atom stereocenters. The second-order valence-electron chi connectivity index (χ2n) is 14.9. The predicted octanol–water partition coefficient (Wildman–Crippen LogP) is 7.47. The van der Waals surface area contributed by atoms with Crippen molar-refractivity contribution in [3.63, 3.8) is 0 Å². The number of carbonyl (C=O) groups is 1. The van der Waals surface area contributed by atoms with E-state index in [4.69, 9.17) is 18.6 Å². The van der Waals surface area contributed by atoms with E-state index in [-0.39, 0.29) is 47.7 Å². The van der Waals surface area contributed by atoms with Crippen molar-refractivity contribution in [1.82, 2.24) is 0 Å². The van der Waals surface area contributed by atoms with Crippen molar-refractivity contribution >= 4 is 24.7 Å². The van der Waals surface area contributed by atoms with Crippen LogP contribution in [0.5, 0.6) is 0 Å². The summed E-state index contributed by atoms with van der Waals surface area (Å²) in [5.74, 6) is -0.701. The lowest BCUT2D eigenvalue weighted by Crippen LogP contribution is -2.67. The lowest BCUT2D eigenvalue weighted by Gasteiger charge is -2.44. The summed E-state index contributed by atoms with van der Waals surface area (Å²) in [6.45, 7) is 7.82. The molecule has 6 nitrogen and oxygen atoms in total. The Morgan fingerprint density at radius 3 is 2.20 bits per heavy atom. The number of aliphatic hydroxyl groups excluding tert-OH is 1. The molecular weight excluding hydrogens is 648 g/mol. The van der Waals surface area contributed by atoms with Crippen molar-refractivity contribution in [2.24, 2.45) is 11.8 Å². The summed E-state index contributed by atoms with van der Waals surface area (Å²) in [7, 11) is -1.48. The van der Waals surface area contributed by atoms with Gasteiger partial charge >= 0.3 is 5.97 Å². The number of unbranched alkanes of at least 4 members (excludes halogenated alkanes) is 1. The van der Waals surface area contributed by atoms with Crippen LogP contribution in [0.1, 0.15) is 77.7 Å². The smallest absolute Gasteiger partial charge is 0.305 e. The highest BCUT2D eigenvalue weighted by Gasteiger charge is 2.57. The van der Waals surface area contributed by atoms with Crippen LogP contribution in [0.25, 0.3) is 0 Å². The van der Waals surface area contributed by atoms with Crippen molar-refractivity contribution in [3.8, 4) is 0 Å². The molecule has 0 radical (unpaired) electrons. The third-order valence-corrected chi connectivity index (χ3v) is 15.9. The maximum atomic E-state index is 14.3. The number of carbonyl (C=O) groups excluding carboxylic acids is 1. The zero-order valence-corrected chi connectivity index (χ0v) is 31.2. The number of benzene rings is 3. The Morgan fingerprint density at radius 1 is 0.980 bits per heavy atom. The molecule has 1 N–H and O–H groups in total. The van der Waals surface area contributed by atoms with Crippen LogP contribution in [0.4, 0.5) is 4.39 Å². The Balaban J connectivity index is 1.56. The number of aliphatic hydroxyl groups is 1. The summed E-state index contributed by atoms with van der Waals surface area (Å²) >= 11 is 0. The molecule has 3 aromatic rings. The molecule has 0 spiro atoms. The van der Waals surface area contributed by atoms with E-state index in [9.17, 15) is 14.3 Å². The predicted molar refractivity (Wildman–Crippen MR) is 198 cm³/mol. The van der Waals surface area contributed by atoms with E-state index >= 15 is 0 Å². The van der Waals surface area contributed by atoms with Gasteiger partial charge in [-0.25, -0.2) is 4.39 Å². The summed E-state index contributed by atoms with van der Waals surface area (Å²) < 4.78 is 39.7. The van der Waals surface area contributed by atoms with Crippen molar-refractivity contribution in [3.05, 3.63) is 108 Å². The monoisotopic (exact) mass is 702 g/mol. The van der Waals surface area contributed by atoms with Crippen molar-refractivity contribution in [2.45, 2.75) is 95.0 Å². The normalized spacial score (nSPS) is 24.4. The lowest BCUT2D eigenvalue weighted by atomic mass is 9.69. The third kappa shape index (κ3) is 8.48. The number of rotatable bonds is 15. The number of esters is 1. The third-order valence-electron chi connectivity index (χ3n) is 10.9. The number of allylic oxidation sites excluding steroid dienone is 2. The molecule has 0 bridgehead atoms. The second-order valence-corrected chi connectivity index (χ2v) is 19.2. The SMILES string of the molecule is COC(=O)CCCC=CC[C@@H]1[C@@H](CO[Si](c2ccccc2)(c2ccccc2)C(C)(C)C)[C@H](OC2CCCCO2)C[C@@]1(CO)c1ccc(F)cc1. The van der Waals surface area contributed by atoms with Gasteiger partial charge in [-0.05, 0) is 84.0 Å². The Labute approximate surface area is 299 Å². The van der Waals surface area contributed by atoms with Gasteiger partial charge in [0.2, 0.25) is 0 Å². The van der Waals surface area contributed by atoms with Crippen LogP contribution in [-0.2, 0) is 28.8 Å². The van der Waals surface area contributed by atoms with Gasteiger partial charge < -0.3 is 23.7 Å². The van der Waals surface area contributed by atoms with E-state index < -0.39 is 13.7 Å². The standard InChI is InChI=1S/C42H55FO6Si/c1-41(2,3)50(34-17-9-7-10-18-34,35-19-11-8-12-20-35)48-30-36-37(21-13-5-6-14-22-39(45)46-4)42(31-44,32-24-26-33(43)27-25-32)29-38(36)49-40-23-15-16-28-47-40/h5,7-13,17-20,24-27,36-38,40,44H,6,14-16,21-23,28-31H2,1-4H3/t36-,37-,38-,40?,42-/m1/s1. The molecule has 1 saturated carbocycles. The molecule has 0 amide bonds. The molecular formula is C42H55FO6Si. The molecule has 2 aliphatic rings. The van der Waals surface area contributed by atoms with Gasteiger partial charge in [0.05, 0.1) is 19.8 Å². The van der Waals surface area contributed by atoms with Crippen LogP contribution < -0.4 is 10.4 Å². The average molecular weight is 703 g/mol. The molecule has 1 saturated heterocycles. The number of hydrogen-bond donors (Lipinski definition) is 1. The molecule has 50 heavy (non-hydrogen) atoms.